The molecule has 0 aliphatic rings. The molecule has 2 rings (SSSR count). The molecule has 2 N–H and O–H groups in total. The van der Waals surface area contributed by atoms with Gasteiger partial charge < -0.3 is 15.4 Å². The van der Waals surface area contributed by atoms with Crippen LogP contribution < -0.4 is 10.6 Å². The lowest BCUT2D eigenvalue weighted by Gasteiger charge is -2.15. The summed E-state index contributed by atoms with van der Waals surface area (Å²) in [6, 6.07) is 13.0. The summed E-state index contributed by atoms with van der Waals surface area (Å²) in [7, 11) is 0. The number of carbonyl (C=O) groups excluding carboxylic acids is 3. The highest BCUT2D eigenvalue weighted by molar-refractivity contribution is 6.31. The lowest BCUT2D eigenvalue weighted by atomic mass is 10.1. The number of hydrogen-bond donors (Lipinski definition) is 2. The average molecular weight is 409 g/mol. The molecule has 2 aromatic rings. The molecule has 0 fully saturated rings. The van der Waals surface area contributed by atoms with Crippen LogP contribution in [0.3, 0.4) is 0 Å². The monoisotopic (exact) mass is 408 g/mol. The Hall–Kier alpha value is -2.57. The zero-order valence-electron chi connectivity index (χ0n) is 14.5. The van der Waals surface area contributed by atoms with E-state index < -0.39 is 24.4 Å². The predicted octanol–water partition coefficient (Wildman–Crippen LogP) is 3.14. The second kappa shape index (κ2) is 9.94. The van der Waals surface area contributed by atoms with Crippen LogP contribution in [0, 0.1) is 0 Å². The number of nitrogens with one attached hydrogen (secondary N) is 2. The van der Waals surface area contributed by atoms with Crippen LogP contribution in [-0.2, 0) is 14.3 Å². The standard InChI is InChI=1S/C19H18Cl2N2O4/c1-12(15-4-2-3-5-16(15)21)23-17(24)11-27-18(25)10-22-19(26)13-6-8-14(20)9-7-13/h2-9,12H,10-11H2,1H3,(H,22,26)(H,23,24)/t12-/m1/s1. The number of rotatable bonds is 7. The summed E-state index contributed by atoms with van der Waals surface area (Å²) in [5.41, 5.74) is 1.12. The van der Waals surface area contributed by atoms with Crippen LogP contribution in [0.2, 0.25) is 10.0 Å². The van der Waals surface area contributed by atoms with Crippen molar-refractivity contribution in [1.29, 1.82) is 0 Å². The van der Waals surface area contributed by atoms with Crippen LogP contribution in [0.15, 0.2) is 48.5 Å². The lowest BCUT2D eigenvalue weighted by Crippen LogP contribution is -2.34. The second-order valence-electron chi connectivity index (χ2n) is 5.66. The van der Waals surface area contributed by atoms with Crippen molar-refractivity contribution in [2.75, 3.05) is 13.2 Å². The first kappa shape index (κ1) is 20.7. The number of halogens is 2. The quantitative estimate of drug-likeness (QED) is 0.689. The molecule has 0 unspecified atom stereocenters. The van der Waals surface area contributed by atoms with Crippen molar-refractivity contribution in [3.63, 3.8) is 0 Å². The Morgan fingerprint density at radius 1 is 1.04 bits per heavy atom. The number of esters is 1. The highest BCUT2D eigenvalue weighted by atomic mass is 35.5. The van der Waals surface area contributed by atoms with E-state index in [1.54, 1.807) is 37.3 Å². The predicted molar refractivity (Wildman–Crippen MR) is 103 cm³/mol. The topological polar surface area (TPSA) is 84.5 Å². The number of amides is 2. The van der Waals surface area contributed by atoms with Crippen molar-refractivity contribution in [3.8, 4) is 0 Å². The molecule has 27 heavy (non-hydrogen) atoms. The third-order valence-electron chi connectivity index (χ3n) is 3.61. The Morgan fingerprint density at radius 3 is 2.37 bits per heavy atom. The van der Waals surface area contributed by atoms with Gasteiger partial charge in [0.15, 0.2) is 6.61 Å². The van der Waals surface area contributed by atoms with Crippen molar-refractivity contribution < 1.29 is 19.1 Å². The Labute approximate surface area is 166 Å². The number of benzene rings is 2. The minimum atomic E-state index is -0.724. The van der Waals surface area contributed by atoms with Crippen LogP contribution in [-0.4, -0.2) is 30.9 Å². The molecule has 0 aliphatic carbocycles. The summed E-state index contributed by atoms with van der Waals surface area (Å²) >= 11 is 11.8. The van der Waals surface area contributed by atoms with Gasteiger partial charge in [-0.15, -0.1) is 0 Å². The fourth-order valence-corrected chi connectivity index (χ4v) is 2.67. The minimum absolute atomic E-state index is 0.338. The van der Waals surface area contributed by atoms with Crippen LogP contribution >= 0.6 is 23.2 Å². The summed E-state index contributed by atoms with van der Waals surface area (Å²) in [6.45, 7) is 0.965. The molecule has 0 aromatic heterocycles. The van der Waals surface area contributed by atoms with Crippen LogP contribution in [0.4, 0.5) is 0 Å². The minimum Gasteiger partial charge on any atom is -0.454 e. The normalized spacial score (nSPS) is 11.4. The van der Waals surface area contributed by atoms with E-state index in [1.165, 1.54) is 12.1 Å². The van der Waals surface area contributed by atoms with Crippen molar-refractivity contribution in [2.45, 2.75) is 13.0 Å². The smallest absolute Gasteiger partial charge is 0.325 e. The van der Waals surface area contributed by atoms with E-state index in [1.807, 2.05) is 6.07 Å². The van der Waals surface area contributed by atoms with Gasteiger partial charge in [0.05, 0.1) is 6.04 Å². The zero-order chi connectivity index (χ0) is 19.8. The first-order valence-electron chi connectivity index (χ1n) is 8.10. The molecule has 0 saturated carbocycles. The largest absolute Gasteiger partial charge is 0.454 e. The zero-order valence-corrected chi connectivity index (χ0v) is 16.0. The second-order valence-corrected chi connectivity index (χ2v) is 6.50. The first-order chi connectivity index (χ1) is 12.9. The van der Waals surface area contributed by atoms with E-state index in [-0.39, 0.29) is 12.6 Å². The third-order valence-corrected chi connectivity index (χ3v) is 4.21. The van der Waals surface area contributed by atoms with E-state index in [4.69, 9.17) is 27.9 Å². The Balaban J connectivity index is 1.73. The van der Waals surface area contributed by atoms with Gasteiger partial charge in [-0.25, -0.2) is 0 Å². The molecule has 142 valence electrons. The highest BCUT2D eigenvalue weighted by Crippen LogP contribution is 2.21. The summed E-state index contributed by atoms with van der Waals surface area (Å²) in [4.78, 5) is 35.5. The maximum atomic E-state index is 11.9. The van der Waals surface area contributed by atoms with Crippen LogP contribution in [0.25, 0.3) is 0 Å². The SMILES string of the molecule is C[C@@H](NC(=O)COC(=O)CNC(=O)c1ccc(Cl)cc1)c1ccccc1Cl. The molecular weight excluding hydrogens is 391 g/mol. The van der Waals surface area contributed by atoms with E-state index in [0.717, 1.165) is 5.56 Å². The van der Waals surface area contributed by atoms with Gasteiger partial charge in [0.1, 0.15) is 6.54 Å². The molecule has 0 bridgehead atoms. The van der Waals surface area contributed by atoms with Crippen molar-refractivity contribution in [3.05, 3.63) is 69.7 Å². The number of carbonyl (C=O) groups is 3. The Bertz CT molecular complexity index is 825. The maximum absolute atomic E-state index is 11.9. The first-order valence-corrected chi connectivity index (χ1v) is 8.85. The maximum Gasteiger partial charge on any atom is 0.325 e. The molecule has 0 heterocycles. The van der Waals surface area contributed by atoms with E-state index in [9.17, 15) is 14.4 Å². The average Bonchev–Trinajstić information content (AvgIpc) is 2.65. The van der Waals surface area contributed by atoms with Gasteiger partial charge in [-0.3, -0.25) is 14.4 Å². The Morgan fingerprint density at radius 2 is 1.70 bits per heavy atom. The lowest BCUT2D eigenvalue weighted by molar-refractivity contribution is -0.147. The molecule has 2 aromatic carbocycles. The number of hydrogen-bond acceptors (Lipinski definition) is 4. The summed E-state index contributed by atoms with van der Waals surface area (Å²) in [6.07, 6.45) is 0. The third kappa shape index (κ3) is 6.58. The molecule has 1 atom stereocenters. The molecule has 0 radical (unpaired) electrons. The molecule has 0 aliphatic heterocycles. The van der Waals surface area contributed by atoms with Gasteiger partial charge in [-0.2, -0.15) is 0 Å². The van der Waals surface area contributed by atoms with Gasteiger partial charge in [0, 0.05) is 15.6 Å². The van der Waals surface area contributed by atoms with Crippen molar-refractivity contribution in [1.82, 2.24) is 10.6 Å². The Kier molecular flexibility index (Phi) is 7.64. The summed E-state index contributed by atoms with van der Waals surface area (Å²) in [5.74, 6) is -1.64. The van der Waals surface area contributed by atoms with Gasteiger partial charge >= 0.3 is 5.97 Å². The molecular formula is C19H18Cl2N2O4. The fraction of sp³-hybridized carbons (Fsp3) is 0.211. The molecule has 2 amide bonds. The van der Waals surface area contributed by atoms with Crippen molar-refractivity contribution >= 4 is 41.0 Å². The van der Waals surface area contributed by atoms with Gasteiger partial charge in [0.2, 0.25) is 0 Å². The van der Waals surface area contributed by atoms with E-state index in [2.05, 4.69) is 10.6 Å². The van der Waals surface area contributed by atoms with E-state index in [0.29, 0.717) is 15.6 Å². The fourth-order valence-electron chi connectivity index (χ4n) is 2.24. The summed E-state index contributed by atoms with van der Waals surface area (Å²) < 4.78 is 4.86. The highest BCUT2D eigenvalue weighted by Gasteiger charge is 2.14. The molecule has 0 spiro atoms. The molecule has 0 saturated heterocycles. The summed E-state index contributed by atoms with van der Waals surface area (Å²) in [5, 5.41) is 6.14. The van der Waals surface area contributed by atoms with Gasteiger partial charge in [-0.05, 0) is 42.8 Å². The number of ether oxygens (including phenoxy) is 1. The molecule has 6 nitrogen and oxygen atoms in total. The van der Waals surface area contributed by atoms with Crippen LogP contribution in [0.5, 0.6) is 0 Å². The van der Waals surface area contributed by atoms with E-state index >= 15 is 0 Å². The van der Waals surface area contributed by atoms with Gasteiger partial charge in [0.25, 0.3) is 11.8 Å². The molecule has 8 heteroatoms. The van der Waals surface area contributed by atoms with Crippen molar-refractivity contribution in [2.24, 2.45) is 0 Å². The van der Waals surface area contributed by atoms with Gasteiger partial charge in [-0.1, -0.05) is 41.4 Å². The van der Waals surface area contributed by atoms with Crippen LogP contribution in [0.1, 0.15) is 28.9 Å².